The molecule has 0 radical (unpaired) electrons. The molecule has 0 saturated carbocycles. The van der Waals surface area contributed by atoms with Gasteiger partial charge in [0.15, 0.2) is 0 Å². The van der Waals surface area contributed by atoms with Gasteiger partial charge in [-0.25, -0.2) is 0 Å². The van der Waals surface area contributed by atoms with Crippen LogP contribution >= 0.6 is 0 Å². The van der Waals surface area contributed by atoms with E-state index in [-0.39, 0.29) is 11.9 Å². The minimum atomic E-state index is 0.0329. The molecule has 0 saturated heterocycles. The Morgan fingerprint density at radius 2 is 2.05 bits per heavy atom. The van der Waals surface area contributed by atoms with E-state index in [4.69, 9.17) is 4.74 Å². The summed E-state index contributed by atoms with van der Waals surface area (Å²) in [4.78, 5) is 10.9. The van der Waals surface area contributed by atoms with E-state index in [0.717, 1.165) is 24.2 Å². The highest BCUT2D eigenvalue weighted by Crippen LogP contribution is 2.16. The average Bonchev–Trinajstić information content (AvgIpc) is 2.38. The van der Waals surface area contributed by atoms with E-state index in [9.17, 15) is 4.79 Å². The van der Waals surface area contributed by atoms with Gasteiger partial charge in [-0.2, -0.15) is 0 Å². The van der Waals surface area contributed by atoms with Gasteiger partial charge in [-0.3, -0.25) is 0 Å². The highest BCUT2D eigenvalue weighted by Gasteiger charge is 2.04. The number of ether oxygens (including phenoxy) is 1. The molecule has 0 fully saturated rings. The molecule has 1 unspecified atom stereocenters. The average molecular weight is 258 g/mol. The zero-order chi connectivity index (χ0) is 14.1. The molecular formula is C17H22O2. The Morgan fingerprint density at radius 1 is 1.37 bits per heavy atom. The molecular weight excluding hydrogens is 236 g/mol. The Labute approximate surface area is 115 Å². The topological polar surface area (TPSA) is 26.3 Å². The molecule has 1 aromatic carbocycles. The van der Waals surface area contributed by atoms with Crippen molar-refractivity contribution in [3.63, 3.8) is 0 Å². The van der Waals surface area contributed by atoms with Crippen molar-refractivity contribution >= 4 is 5.78 Å². The van der Waals surface area contributed by atoms with Gasteiger partial charge in [-0.1, -0.05) is 24.3 Å². The normalized spacial score (nSPS) is 12.3. The maximum absolute atomic E-state index is 10.9. The molecule has 2 nitrogen and oxygen atoms in total. The Kier molecular flexibility index (Phi) is 6.65. The molecule has 0 amide bonds. The van der Waals surface area contributed by atoms with E-state index in [2.05, 4.69) is 6.58 Å². The van der Waals surface area contributed by atoms with Crippen molar-refractivity contribution in [1.82, 2.24) is 0 Å². The molecule has 0 N–H and O–H groups in total. The molecule has 0 aliphatic heterocycles. The van der Waals surface area contributed by atoms with Crippen LogP contribution in [0.4, 0.5) is 0 Å². The van der Waals surface area contributed by atoms with Crippen LogP contribution < -0.4 is 4.74 Å². The van der Waals surface area contributed by atoms with Gasteiger partial charge in [0.25, 0.3) is 0 Å². The molecule has 102 valence electrons. The molecule has 2 heteroatoms. The first-order valence-electron chi connectivity index (χ1n) is 6.64. The fourth-order valence-corrected chi connectivity index (χ4v) is 1.77. The maximum atomic E-state index is 10.9. The number of Topliss-reactive ketones (excluding diaryl/α,β-unsaturated/α-hetero) is 1. The molecule has 0 aromatic heterocycles. The first-order chi connectivity index (χ1) is 9.15. The van der Waals surface area contributed by atoms with Gasteiger partial charge >= 0.3 is 0 Å². The number of hydrogen-bond donors (Lipinski definition) is 0. The second kappa shape index (κ2) is 8.30. The molecule has 1 aromatic rings. The van der Waals surface area contributed by atoms with E-state index >= 15 is 0 Å². The number of hydrogen-bond acceptors (Lipinski definition) is 2. The highest BCUT2D eigenvalue weighted by molar-refractivity contribution is 5.75. The van der Waals surface area contributed by atoms with Gasteiger partial charge in [0.05, 0.1) is 0 Å². The second-order valence-electron chi connectivity index (χ2n) is 4.55. The van der Waals surface area contributed by atoms with Crippen LogP contribution in [0.5, 0.6) is 5.75 Å². The zero-order valence-electron chi connectivity index (χ0n) is 11.8. The van der Waals surface area contributed by atoms with Crippen molar-refractivity contribution in [3.05, 3.63) is 54.6 Å². The quantitative estimate of drug-likeness (QED) is 0.656. The summed E-state index contributed by atoms with van der Waals surface area (Å²) in [5.41, 5.74) is 1.16. The van der Waals surface area contributed by atoms with Crippen LogP contribution in [0.15, 0.2) is 49.1 Å². The van der Waals surface area contributed by atoms with Crippen LogP contribution in [0.25, 0.3) is 0 Å². The third-order valence-corrected chi connectivity index (χ3v) is 2.78. The Morgan fingerprint density at radius 3 is 2.58 bits per heavy atom. The van der Waals surface area contributed by atoms with Crippen LogP contribution in [0.1, 0.15) is 32.3 Å². The summed E-state index contributed by atoms with van der Waals surface area (Å²) in [6.45, 7) is 7.33. The Bertz CT molecular complexity index is 429. The van der Waals surface area contributed by atoms with Crippen molar-refractivity contribution in [2.45, 2.75) is 39.2 Å². The lowest BCUT2D eigenvalue weighted by Crippen LogP contribution is -2.12. The van der Waals surface area contributed by atoms with Crippen LogP contribution in [0.2, 0.25) is 0 Å². The zero-order valence-corrected chi connectivity index (χ0v) is 11.8. The number of carbonyl (C=O) groups excluding carboxylic acids is 1. The molecule has 19 heavy (non-hydrogen) atoms. The van der Waals surface area contributed by atoms with Crippen molar-refractivity contribution in [3.8, 4) is 5.75 Å². The molecule has 0 aliphatic carbocycles. The summed E-state index contributed by atoms with van der Waals surface area (Å²) in [5, 5.41) is 0. The van der Waals surface area contributed by atoms with Crippen LogP contribution in [-0.2, 0) is 11.2 Å². The van der Waals surface area contributed by atoms with E-state index in [1.54, 1.807) is 6.92 Å². The molecule has 0 bridgehead atoms. The SMILES string of the molecule is C=CCC(C=CC)Oc1ccc(CCC(C)=O)cc1. The number of aryl methyl sites for hydroxylation is 1. The minimum Gasteiger partial charge on any atom is -0.486 e. The van der Waals surface area contributed by atoms with Crippen molar-refractivity contribution < 1.29 is 9.53 Å². The first kappa shape index (κ1) is 15.2. The third kappa shape index (κ3) is 6.05. The van der Waals surface area contributed by atoms with Crippen molar-refractivity contribution in [2.24, 2.45) is 0 Å². The summed E-state index contributed by atoms with van der Waals surface area (Å²) < 4.78 is 5.85. The number of rotatable bonds is 8. The Hall–Kier alpha value is -1.83. The molecule has 0 heterocycles. The van der Waals surface area contributed by atoms with Gasteiger partial charge in [0.1, 0.15) is 17.6 Å². The van der Waals surface area contributed by atoms with Crippen molar-refractivity contribution in [2.75, 3.05) is 0 Å². The van der Waals surface area contributed by atoms with Gasteiger partial charge in [-0.05, 0) is 44.0 Å². The Balaban J connectivity index is 2.59. The molecule has 0 aliphatic rings. The van der Waals surface area contributed by atoms with E-state index in [1.807, 2.05) is 49.4 Å². The van der Waals surface area contributed by atoms with Crippen LogP contribution in [-0.4, -0.2) is 11.9 Å². The number of allylic oxidation sites excluding steroid dienone is 1. The number of carbonyl (C=O) groups is 1. The first-order valence-corrected chi connectivity index (χ1v) is 6.64. The van der Waals surface area contributed by atoms with Crippen LogP contribution in [0, 0.1) is 0 Å². The lowest BCUT2D eigenvalue weighted by atomic mass is 10.1. The third-order valence-electron chi connectivity index (χ3n) is 2.78. The summed E-state index contributed by atoms with van der Waals surface area (Å²) >= 11 is 0. The number of benzene rings is 1. The smallest absolute Gasteiger partial charge is 0.130 e. The van der Waals surface area contributed by atoms with E-state index < -0.39 is 0 Å². The van der Waals surface area contributed by atoms with Gasteiger partial charge in [0, 0.05) is 12.8 Å². The number of ketones is 1. The van der Waals surface area contributed by atoms with Gasteiger partial charge in [0.2, 0.25) is 0 Å². The molecule has 0 spiro atoms. The predicted molar refractivity (Wildman–Crippen MR) is 79.5 cm³/mol. The fourth-order valence-electron chi connectivity index (χ4n) is 1.77. The molecule has 1 atom stereocenters. The van der Waals surface area contributed by atoms with E-state index in [1.165, 1.54) is 0 Å². The minimum absolute atomic E-state index is 0.0329. The van der Waals surface area contributed by atoms with Gasteiger partial charge in [-0.15, -0.1) is 6.58 Å². The molecule has 1 rings (SSSR count). The van der Waals surface area contributed by atoms with E-state index in [0.29, 0.717) is 6.42 Å². The van der Waals surface area contributed by atoms with Crippen molar-refractivity contribution in [1.29, 1.82) is 0 Å². The fraction of sp³-hybridized carbons (Fsp3) is 0.353. The standard InChI is InChI=1S/C17H22O2/c1-4-6-16(7-5-2)19-17-12-10-15(11-13-17)9-8-14(3)18/h4-5,7,10-13,16H,1,6,8-9H2,2-3H3. The lowest BCUT2D eigenvalue weighted by Gasteiger charge is -2.14. The summed E-state index contributed by atoms with van der Waals surface area (Å²) in [7, 11) is 0. The monoisotopic (exact) mass is 258 g/mol. The summed E-state index contributed by atoms with van der Waals surface area (Å²) in [6.07, 6.45) is 8.06. The summed E-state index contributed by atoms with van der Waals surface area (Å²) in [6, 6.07) is 7.93. The lowest BCUT2D eigenvalue weighted by molar-refractivity contribution is -0.116. The van der Waals surface area contributed by atoms with Crippen LogP contribution in [0.3, 0.4) is 0 Å². The highest BCUT2D eigenvalue weighted by atomic mass is 16.5. The van der Waals surface area contributed by atoms with Gasteiger partial charge < -0.3 is 9.53 Å². The predicted octanol–water partition coefficient (Wildman–Crippen LogP) is 4.11. The maximum Gasteiger partial charge on any atom is 0.130 e. The summed E-state index contributed by atoms with van der Waals surface area (Å²) in [5.74, 6) is 1.07. The second-order valence-corrected chi connectivity index (χ2v) is 4.55. The largest absolute Gasteiger partial charge is 0.486 e.